The van der Waals surface area contributed by atoms with E-state index in [2.05, 4.69) is 15.6 Å². The maximum atomic E-state index is 13.7. The minimum Gasteiger partial charge on any atom is -0.393 e. The summed E-state index contributed by atoms with van der Waals surface area (Å²) in [7, 11) is 0. The molecule has 4 nitrogen and oxygen atoms in total. The summed E-state index contributed by atoms with van der Waals surface area (Å²) in [5.41, 5.74) is 1.54. The van der Waals surface area contributed by atoms with Crippen LogP contribution < -0.4 is 10.6 Å². The average Bonchev–Trinajstić information content (AvgIpc) is 2.93. The number of aliphatic hydroxyl groups excluding tert-OH is 1. The zero-order chi connectivity index (χ0) is 16.8. The predicted octanol–water partition coefficient (Wildman–Crippen LogP) is 3.53. The Labute approximate surface area is 161 Å². The maximum absolute atomic E-state index is 13.7. The highest BCUT2D eigenvalue weighted by atomic mass is 127. The van der Waals surface area contributed by atoms with Crippen molar-refractivity contribution in [3.05, 3.63) is 35.1 Å². The van der Waals surface area contributed by atoms with Gasteiger partial charge in [-0.1, -0.05) is 18.6 Å². The number of benzene rings is 1. The Kier molecular flexibility index (Phi) is 8.97. The van der Waals surface area contributed by atoms with Crippen LogP contribution >= 0.6 is 24.0 Å². The van der Waals surface area contributed by atoms with Gasteiger partial charge in [0.2, 0.25) is 0 Å². The fourth-order valence-corrected chi connectivity index (χ4v) is 2.93. The maximum Gasteiger partial charge on any atom is 0.191 e. The molecule has 1 saturated carbocycles. The summed E-state index contributed by atoms with van der Waals surface area (Å²) < 4.78 is 13.7. The standard InChI is InChI=1S/C18H28FN3O.HI/c1-4-20-18(21-11-15-6-5-7-17(15)23)22-13(3)14-9-8-12(2)16(19)10-14;/h8-10,13,15,17,23H,4-7,11H2,1-3H3,(H2,20,21,22);1H. The quantitative estimate of drug-likeness (QED) is 0.366. The molecule has 1 aromatic carbocycles. The molecular formula is C18H29FIN3O. The van der Waals surface area contributed by atoms with E-state index in [-0.39, 0.29) is 47.9 Å². The topological polar surface area (TPSA) is 56.7 Å². The van der Waals surface area contributed by atoms with Gasteiger partial charge in [0.05, 0.1) is 12.1 Å². The Morgan fingerprint density at radius 2 is 2.17 bits per heavy atom. The van der Waals surface area contributed by atoms with Crippen molar-refractivity contribution in [2.45, 2.75) is 52.2 Å². The summed E-state index contributed by atoms with van der Waals surface area (Å²) >= 11 is 0. The molecule has 0 spiro atoms. The molecule has 0 aliphatic heterocycles. The molecule has 3 atom stereocenters. The number of guanidine groups is 1. The first-order chi connectivity index (χ1) is 11.0. The van der Waals surface area contributed by atoms with Crippen molar-refractivity contribution in [1.82, 2.24) is 10.6 Å². The normalized spacial score (nSPS) is 22.0. The van der Waals surface area contributed by atoms with Gasteiger partial charge in [0, 0.05) is 19.0 Å². The van der Waals surface area contributed by atoms with Crippen molar-refractivity contribution in [2.24, 2.45) is 10.9 Å². The third-order valence-electron chi connectivity index (χ3n) is 4.50. The number of nitrogens with zero attached hydrogens (tertiary/aromatic N) is 1. The minimum absolute atomic E-state index is 0. The molecule has 0 amide bonds. The Morgan fingerprint density at radius 3 is 2.75 bits per heavy atom. The average molecular weight is 449 g/mol. The lowest BCUT2D eigenvalue weighted by atomic mass is 10.1. The molecule has 0 heterocycles. The molecule has 1 aliphatic carbocycles. The van der Waals surface area contributed by atoms with Crippen LogP contribution in [-0.2, 0) is 0 Å². The Morgan fingerprint density at radius 1 is 1.42 bits per heavy atom. The van der Waals surface area contributed by atoms with Crippen LogP contribution in [0.1, 0.15) is 50.3 Å². The second kappa shape index (κ2) is 10.2. The van der Waals surface area contributed by atoms with Gasteiger partial charge in [-0.15, -0.1) is 24.0 Å². The van der Waals surface area contributed by atoms with Gasteiger partial charge >= 0.3 is 0 Å². The Balaban J connectivity index is 0.00000288. The van der Waals surface area contributed by atoms with E-state index in [1.807, 2.05) is 19.9 Å². The first kappa shape index (κ1) is 21.2. The number of hydrogen-bond donors (Lipinski definition) is 3. The lowest BCUT2D eigenvalue weighted by molar-refractivity contribution is 0.136. The monoisotopic (exact) mass is 449 g/mol. The number of halogens is 2. The highest BCUT2D eigenvalue weighted by molar-refractivity contribution is 14.0. The number of aliphatic imine (C=N–C) groups is 1. The van der Waals surface area contributed by atoms with Gasteiger partial charge in [-0.3, -0.25) is 4.99 Å². The van der Waals surface area contributed by atoms with Crippen LogP contribution in [0, 0.1) is 18.7 Å². The number of rotatable bonds is 5. The van der Waals surface area contributed by atoms with Gasteiger partial charge in [-0.25, -0.2) is 4.39 Å². The van der Waals surface area contributed by atoms with Gasteiger partial charge in [0.25, 0.3) is 0 Å². The van der Waals surface area contributed by atoms with Crippen LogP contribution in [0.15, 0.2) is 23.2 Å². The molecule has 0 aromatic heterocycles. The summed E-state index contributed by atoms with van der Waals surface area (Å²) in [6, 6.07) is 5.25. The van der Waals surface area contributed by atoms with Crippen LogP contribution in [-0.4, -0.2) is 30.3 Å². The Hall–Kier alpha value is -0.890. The molecule has 1 aliphatic rings. The third kappa shape index (κ3) is 5.88. The molecule has 3 N–H and O–H groups in total. The SMILES string of the molecule is CCNC(=NCC1CCCC1O)NC(C)c1ccc(C)c(F)c1.I. The van der Waals surface area contributed by atoms with Crippen molar-refractivity contribution in [3.8, 4) is 0 Å². The molecule has 1 aromatic rings. The van der Waals surface area contributed by atoms with Crippen molar-refractivity contribution in [1.29, 1.82) is 0 Å². The predicted molar refractivity (Wildman–Crippen MR) is 107 cm³/mol. The van der Waals surface area contributed by atoms with Crippen LogP contribution in [0.5, 0.6) is 0 Å². The summed E-state index contributed by atoms with van der Waals surface area (Å²) in [4.78, 5) is 4.59. The number of nitrogens with one attached hydrogen (secondary N) is 2. The van der Waals surface area contributed by atoms with E-state index in [0.717, 1.165) is 31.4 Å². The zero-order valence-corrected chi connectivity index (χ0v) is 17.0. The first-order valence-electron chi connectivity index (χ1n) is 8.50. The molecule has 24 heavy (non-hydrogen) atoms. The molecule has 3 unspecified atom stereocenters. The van der Waals surface area contributed by atoms with Crippen LogP contribution in [0.2, 0.25) is 0 Å². The summed E-state index contributed by atoms with van der Waals surface area (Å²) in [6.45, 7) is 7.13. The van der Waals surface area contributed by atoms with E-state index in [4.69, 9.17) is 0 Å². The van der Waals surface area contributed by atoms with Gasteiger partial charge < -0.3 is 15.7 Å². The van der Waals surface area contributed by atoms with E-state index in [1.54, 1.807) is 19.1 Å². The van der Waals surface area contributed by atoms with E-state index in [0.29, 0.717) is 18.1 Å². The molecule has 6 heteroatoms. The second-order valence-corrected chi connectivity index (χ2v) is 6.35. The molecule has 136 valence electrons. The minimum atomic E-state index is -0.231. The van der Waals surface area contributed by atoms with Gasteiger partial charge in [-0.05, 0) is 50.8 Å². The summed E-state index contributed by atoms with van der Waals surface area (Å²) in [5, 5.41) is 16.4. The molecule has 0 radical (unpaired) electrons. The number of aliphatic hydroxyl groups is 1. The molecule has 0 saturated heterocycles. The second-order valence-electron chi connectivity index (χ2n) is 6.35. The number of aryl methyl sites for hydroxylation is 1. The molecule has 1 fully saturated rings. The molecule has 0 bridgehead atoms. The van der Waals surface area contributed by atoms with E-state index >= 15 is 0 Å². The van der Waals surface area contributed by atoms with Crippen LogP contribution in [0.3, 0.4) is 0 Å². The van der Waals surface area contributed by atoms with Gasteiger partial charge in [-0.2, -0.15) is 0 Å². The van der Waals surface area contributed by atoms with E-state index < -0.39 is 0 Å². The van der Waals surface area contributed by atoms with Crippen molar-refractivity contribution < 1.29 is 9.50 Å². The fraction of sp³-hybridized carbons (Fsp3) is 0.611. The van der Waals surface area contributed by atoms with Crippen LogP contribution in [0.25, 0.3) is 0 Å². The Bertz CT molecular complexity index is 553. The number of hydrogen-bond acceptors (Lipinski definition) is 2. The first-order valence-corrected chi connectivity index (χ1v) is 8.50. The van der Waals surface area contributed by atoms with Crippen molar-refractivity contribution >= 4 is 29.9 Å². The highest BCUT2D eigenvalue weighted by Gasteiger charge is 2.24. The largest absolute Gasteiger partial charge is 0.393 e. The fourth-order valence-electron chi connectivity index (χ4n) is 2.93. The molecular weight excluding hydrogens is 420 g/mol. The zero-order valence-electron chi connectivity index (χ0n) is 14.7. The van der Waals surface area contributed by atoms with E-state index in [9.17, 15) is 9.50 Å². The highest BCUT2D eigenvalue weighted by Crippen LogP contribution is 2.25. The van der Waals surface area contributed by atoms with Gasteiger partial charge in [0.15, 0.2) is 5.96 Å². The van der Waals surface area contributed by atoms with Gasteiger partial charge in [0.1, 0.15) is 5.82 Å². The lowest BCUT2D eigenvalue weighted by Crippen LogP contribution is -2.39. The lowest BCUT2D eigenvalue weighted by Gasteiger charge is -2.19. The van der Waals surface area contributed by atoms with Crippen molar-refractivity contribution in [2.75, 3.05) is 13.1 Å². The smallest absolute Gasteiger partial charge is 0.191 e. The summed E-state index contributed by atoms with van der Waals surface area (Å²) in [6.07, 6.45) is 2.75. The molecule has 2 rings (SSSR count). The summed E-state index contributed by atoms with van der Waals surface area (Å²) in [5.74, 6) is 0.768. The van der Waals surface area contributed by atoms with Crippen molar-refractivity contribution in [3.63, 3.8) is 0 Å². The third-order valence-corrected chi connectivity index (χ3v) is 4.50. The van der Waals surface area contributed by atoms with Crippen LogP contribution in [0.4, 0.5) is 4.39 Å². The van der Waals surface area contributed by atoms with E-state index in [1.165, 1.54) is 0 Å².